The summed E-state index contributed by atoms with van der Waals surface area (Å²) in [5.41, 5.74) is 7.15. The molecule has 18 heavy (non-hydrogen) atoms. The molecule has 1 aliphatic carbocycles. The maximum Gasteiger partial charge on any atom is 0.239 e. The summed E-state index contributed by atoms with van der Waals surface area (Å²) in [5, 5.41) is 0. The molecule has 0 saturated heterocycles. The molecule has 0 radical (unpaired) electrons. The molecule has 1 atom stereocenters. The molecule has 2 N–H and O–H groups in total. The van der Waals surface area contributed by atoms with Gasteiger partial charge in [0.2, 0.25) is 5.91 Å². The van der Waals surface area contributed by atoms with Gasteiger partial charge in [-0.3, -0.25) is 4.79 Å². The maximum atomic E-state index is 12.2. The zero-order valence-corrected chi connectivity index (χ0v) is 11.0. The van der Waals surface area contributed by atoms with Crippen LogP contribution in [-0.2, 0) is 11.2 Å². The fourth-order valence-electron chi connectivity index (χ4n) is 2.69. The number of carbonyl (C=O) groups excluding carboxylic acids is 1. The molecule has 0 bridgehead atoms. The van der Waals surface area contributed by atoms with Crippen LogP contribution in [-0.4, -0.2) is 29.9 Å². The molecule has 1 aliphatic rings. The van der Waals surface area contributed by atoms with Crippen LogP contribution in [0, 0.1) is 0 Å². The first-order chi connectivity index (χ1) is 8.68. The van der Waals surface area contributed by atoms with Gasteiger partial charge in [0.15, 0.2) is 0 Å². The number of carbonyl (C=O) groups is 1. The van der Waals surface area contributed by atoms with Gasteiger partial charge in [0.05, 0.1) is 6.04 Å². The minimum atomic E-state index is -0.419. The first-order valence-electron chi connectivity index (χ1n) is 6.74. The summed E-state index contributed by atoms with van der Waals surface area (Å²) in [6.07, 6.45) is 5.34. The van der Waals surface area contributed by atoms with Crippen molar-refractivity contribution in [2.75, 3.05) is 7.05 Å². The highest BCUT2D eigenvalue weighted by molar-refractivity contribution is 5.82. The quantitative estimate of drug-likeness (QED) is 0.882. The Morgan fingerprint density at radius 2 is 1.94 bits per heavy atom. The Labute approximate surface area is 109 Å². The minimum absolute atomic E-state index is 0.0748. The monoisotopic (exact) mass is 246 g/mol. The zero-order chi connectivity index (χ0) is 13.0. The van der Waals surface area contributed by atoms with E-state index in [2.05, 4.69) is 0 Å². The van der Waals surface area contributed by atoms with E-state index < -0.39 is 6.04 Å². The van der Waals surface area contributed by atoms with Gasteiger partial charge in [-0.05, 0) is 24.8 Å². The number of amides is 1. The van der Waals surface area contributed by atoms with Gasteiger partial charge in [-0.2, -0.15) is 0 Å². The fourth-order valence-corrected chi connectivity index (χ4v) is 2.69. The van der Waals surface area contributed by atoms with Crippen LogP contribution in [0.15, 0.2) is 30.3 Å². The van der Waals surface area contributed by atoms with Gasteiger partial charge >= 0.3 is 0 Å². The molecule has 0 unspecified atom stereocenters. The molecule has 1 fully saturated rings. The number of benzene rings is 1. The average molecular weight is 246 g/mol. The zero-order valence-electron chi connectivity index (χ0n) is 11.0. The van der Waals surface area contributed by atoms with Crippen LogP contribution in [0.3, 0.4) is 0 Å². The van der Waals surface area contributed by atoms with E-state index >= 15 is 0 Å². The van der Waals surface area contributed by atoms with Gasteiger partial charge in [0.25, 0.3) is 0 Å². The lowest BCUT2D eigenvalue weighted by atomic mass is 10.0. The summed E-state index contributed by atoms with van der Waals surface area (Å²) >= 11 is 0. The molecule has 1 saturated carbocycles. The van der Waals surface area contributed by atoms with E-state index in [9.17, 15) is 4.79 Å². The van der Waals surface area contributed by atoms with Gasteiger partial charge in [0.1, 0.15) is 0 Å². The Bertz CT molecular complexity index is 385. The molecule has 3 nitrogen and oxygen atoms in total. The van der Waals surface area contributed by atoms with Crippen LogP contribution >= 0.6 is 0 Å². The van der Waals surface area contributed by atoms with Crippen molar-refractivity contribution in [3.63, 3.8) is 0 Å². The van der Waals surface area contributed by atoms with Crippen molar-refractivity contribution in [1.29, 1.82) is 0 Å². The molecule has 1 aromatic rings. The molecular weight excluding hydrogens is 224 g/mol. The Hall–Kier alpha value is -1.35. The molecule has 0 spiro atoms. The number of nitrogens with zero attached hydrogens (tertiary/aromatic N) is 1. The molecule has 0 heterocycles. The van der Waals surface area contributed by atoms with Crippen molar-refractivity contribution in [1.82, 2.24) is 4.90 Å². The first-order valence-corrected chi connectivity index (χ1v) is 6.74. The van der Waals surface area contributed by atoms with Crippen molar-refractivity contribution in [2.45, 2.75) is 44.2 Å². The van der Waals surface area contributed by atoms with Crippen molar-refractivity contribution in [3.8, 4) is 0 Å². The van der Waals surface area contributed by atoms with Crippen LogP contribution in [0.1, 0.15) is 31.2 Å². The van der Waals surface area contributed by atoms with Crippen LogP contribution < -0.4 is 5.73 Å². The van der Waals surface area contributed by atoms with E-state index in [4.69, 9.17) is 5.73 Å². The summed E-state index contributed by atoms with van der Waals surface area (Å²) in [7, 11) is 1.89. The second-order valence-electron chi connectivity index (χ2n) is 5.18. The van der Waals surface area contributed by atoms with Crippen LogP contribution in [0.25, 0.3) is 0 Å². The molecule has 0 aromatic heterocycles. The highest BCUT2D eigenvalue weighted by Gasteiger charge is 2.26. The summed E-state index contributed by atoms with van der Waals surface area (Å²) in [6, 6.07) is 9.95. The third-order valence-corrected chi connectivity index (χ3v) is 3.84. The van der Waals surface area contributed by atoms with E-state index in [1.165, 1.54) is 12.8 Å². The Balaban J connectivity index is 1.91. The normalized spacial score (nSPS) is 17.7. The summed E-state index contributed by atoms with van der Waals surface area (Å²) < 4.78 is 0. The van der Waals surface area contributed by atoms with Crippen molar-refractivity contribution in [2.24, 2.45) is 5.73 Å². The number of likely N-dealkylation sites (N-methyl/N-ethyl adjacent to an activating group) is 1. The average Bonchev–Trinajstić information content (AvgIpc) is 2.92. The Morgan fingerprint density at radius 1 is 1.33 bits per heavy atom. The predicted molar refractivity (Wildman–Crippen MR) is 73.1 cm³/mol. The largest absolute Gasteiger partial charge is 0.341 e. The third-order valence-electron chi connectivity index (χ3n) is 3.84. The molecule has 3 heteroatoms. The predicted octanol–water partition coefficient (Wildman–Crippen LogP) is 1.96. The summed E-state index contributed by atoms with van der Waals surface area (Å²) in [4.78, 5) is 14.1. The number of hydrogen-bond donors (Lipinski definition) is 1. The lowest BCUT2D eigenvalue weighted by Crippen LogP contribution is -2.46. The second kappa shape index (κ2) is 6.01. The summed E-state index contributed by atoms with van der Waals surface area (Å²) in [6.45, 7) is 0. The van der Waals surface area contributed by atoms with Gasteiger partial charge in [-0.1, -0.05) is 43.2 Å². The lowest BCUT2D eigenvalue weighted by Gasteiger charge is -2.27. The van der Waals surface area contributed by atoms with E-state index in [0.717, 1.165) is 18.4 Å². The Kier molecular flexibility index (Phi) is 4.37. The SMILES string of the molecule is CN(C(=O)[C@H](N)Cc1ccccc1)C1CCCC1. The number of hydrogen-bond acceptors (Lipinski definition) is 2. The molecule has 2 rings (SSSR count). The minimum Gasteiger partial charge on any atom is -0.341 e. The van der Waals surface area contributed by atoms with Crippen LogP contribution in [0.2, 0.25) is 0 Å². The lowest BCUT2D eigenvalue weighted by molar-refractivity contribution is -0.133. The second-order valence-corrected chi connectivity index (χ2v) is 5.18. The number of nitrogens with two attached hydrogens (primary N) is 1. The number of rotatable bonds is 4. The molecule has 1 aromatic carbocycles. The Morgan fingerprint density at radius 3 is 2.56 bits per heavy atom. The topological polar surface area (TPSA) is 46.3 Å². The van der Waals surface area contributed by atoms with E-state index in [1.807, 2.05) is 42.3 Å². The first kappa shape index (κ1) is 13.1. The maximum absolute atomic E-state index is 12.2. The van der Waals surface area contributed by atoms with Gasteiger partial charge in [-0.15, -0.1) is 0 Å². The molecule has 98 valence electrons. The highest BCUT2D eigenvalue weighted by atomic mass is 16.2. The smallest absolute Gasteiger partial charge is 0.239 e. The van der Waals surface area contributed by atoms with Crippen LogP contribution in [0.5, 0.6) is 0 Å². The van der Waals surface area contributed by atoms with Gasteiger partial charge in [0, 0.05) is 13.1 Å². The van der Waals surface area contributed by atoms with Gasteiger partial charge < -0.3 is 10.6 Å². The van der Waals surface area contributed by atoms with E-state index in [-0.39, 0.29) is 5.91 Å². The van der Waals surface area contributed by atoms with E-state index in [1.54, 1.807) is 0 Å². The standard InChI is InChI=1S/C15H22N2O/c1-17(13-9-5-6-10-13)15(18)14(16)11-12-7-3-2-4-8-12/h2-4,7-8,13-14H,5-6,9-11,16H2,1H3/t14-/m1/s1. The highest BCUT2D eigenvalue weighted by Crippen LogP contribution is 2.22. The molecular formula is C15H22N2O. The molecule has 0 aliphatic heterocycles. The van der Waals surface area contributed by atoms with Gasteiger partial charge in [-0.25, -0.2) is 0 Å². The van der Waals surface area contributed by atoms with Crippen molar-refractivity contribution >= 4 is 5.91 Å². The van der Waals surface area contributed by atoms with Crippen LogP contribution in [0.4, 0.5) is 0 Å². The summed E-state index contributed by atoms with van der Waals surface area (Å²) in [5.74, 6) is 0.0748. The van der Waals surface area contributed by atoms with Crippen molar-refractivity contribution in [3.05, 3.63) is 35.9 Å². The van der Waals surface area contributed by atoms with E-state index in [0.29, 0.717) is 12.5 Å². The fraction of sp³-hybridized carbons (Fsp3) is 0.533. The van der Waals surface area contributed by atoms with Crippen molar-refractivity contribution < 1.29 is 4.79 Å². The molecule has 1 amide bonds. The third kappa shape index (κ3) is 3.10.